The minimum absolute atomic E-state index is 0.0488. The van der Waals surface area contributed by atoms with E-state index in [2.05, 4.69) is 0 Å². The van der Waals surface area contributed by atoms with Crippen LogP contribution in [-0.2, 0) is 28.5 Å². The molecule has 1 aliphatic rings. The van der Waals surface area contributed by atoms with Gasteiger partial charge in [-0.1, -0.05) is 12.1 Å². The number of hydrogen-bond donors (Lipinski definition) is 0. The Labute approximate surface area is 139 Å². The molecular weight excluding hydrogens is 319 g/mol. The van der Waals surface area contributed by atoms with Crippen molar-refractivity contribution in [2.75, 3.05) is 27.9 Å². The molecule has 1 heterocycles. The van der Waals surface area contributed by atoms with Crippen LogP contribution in [0.3, 0.4) is 0 Å². The molecule has 0 aromatic heterocycles. The van der Waals surface area contributed by atoms with Gasteiger partial charge in [-0.3, -0.25) is 4.79 Å². The number of hydrogen-bond acceptors (Lipinski definition) is 6. The van der Waals surface area contributed by atoms with E-state index in [-0.39, 0.29) is 24.2 Å². The molecule has 2 atom stereocenters. The molecule has 6 nitrogen and oxygen atoms in total. The lowest BCUT2D eigenvalue weighted by Gasteiger charge is -2.29. The van der Waals surface area contributed by atoms with Crippen molar-refractivity contribution in [2.45, 2.75) is 18.6 Å². The summed E-state index contributed by atoms with van der Waals surface area (Å²) in [6, 6.07) is 4.47. The summed E-state index contributed by atoms with van der Waals surface area (Å²) in [7, 11) is 3.92. The fourth-order valence-corrected chi connectivity index (χ4v) is 2.63. The van der Waals surface area contributed by atoms with Gasteiger partial charge in [0.2, 0.25) is 0 Å². The molecule has 0 spiro atoms. The summed E-state index contributed by atoms with van der Waals surface area (Å²) in [6.45, 7) is -0.128. The molecule has 0 radical (unpaired) electrons. The quantitative estimate of drug-likeness (QED) is 0.783. The molecule has 2 unspecified atom stereocenters. The topological polar surface area (TPSA) is 71.1 Å². The first kappa shape index (κ1) is 18.1. The van der Waals surface area contributed by atoms with Gasteiger partial charge in [0.1, 0.15) is 5.82 Å². The van der Waals surface area contributed by atoms with Gasteiger partial charge in [-0.25, -0.2) is 9.18 Å². The third kappa shape index (κ3) is 3.80. The van der Waals surface area contributed by atoms with Crippen LogP contribution in [0.5, 0.6) is 0 Å². The molecule has 0 saturated heterocycles. The molecule has 1 aliphatic heterocycles. The van der Waals surface area contributed by atoms with E-state index in [0.717, 1.165) is 0 Å². The Kier molecular flexibility index (Phi) is 6.05. The number of carbonyl (C=O) groups excluding carboxylic acids is 2. The number of esters is 2. The van der Waals surface area contributed by atoms with Gasteiger partial charge in [0.25, 0.3) is 0 Å². The van der Waals surface area contributed by atoms with Crippen molar-refractivity contribution in [1.82, 2.24) is 0 Å². The summed E-state index contributed by atoms with van der Waals surface area (Å²) in [6.07, 6.45) is 0.484. The number of benzene rings is 1. The molecule has 1 aromatic carbocycles. The van der Waals surface area contributed by atoms with E-state index < -0.39 is 30.0 Å². The maximum absolute atomic E-state index is 14.4. The standard InChI is InChI=1S/C17H19FO6/c1-21-15(19)8-13-11-5-4-6-14(18)12(11)7-10(16(20)22-2)9-24-17(13)23-3/h4-7,13,17H,8-9H2,1-3H3/b10-7+. The SMILES string of the molecule is COC(=O)CC1c2cccc(F)c2/C=C(/C(=O)OC)COC1OC. The number of halogens is 1. The predicted octanol–water partition coefficient (Wildman–Crippen LogP) is 2.03. The Hall–Kier alpha value is -2.25. The van der Waals surface area contributed by atoms with Gasteiger partial charge >= 0.3 is 11.9 Å². The Balaban J connectivity index is 2.57. The molecule has 0 saturated carbocycles. The van der Waals surface area contributed by atoms with Crippen molar-refractivity contribution < 1.29 is 32.9 Å². The first-order chi connectivity index (χ1) is 11.5. The van der Waals surface area contributed by atoms with E-state index in [1.165, 1.54) is 39.5 Å². The van der Waals surface area contributed by atoms with Gasteiger partial charge < -0.3 is 18.9 Å². The van der Waals surface area contributed by atoms with Crippen molar-refractivity contribution in [3.63, 3.8) is 0 Å². The zero-order valence-corrected chi connectivity index (χ0v) is 13.7. The van der Waals surface area contributed by atoms with E-state index in [1.54, 1.807) is 6.07 Å². The summed E-state index contributed by atoms with van der Waals surface area (Å²) in [5.74, 6) is -2.19. The van der Waals surface area contributed by atoms with E-state index in [0.29, 0.717) is 5.56 Å². The molecular formula is C17H19FO6. The number of methoxy groups -OCH3 is 3. The normalized spacial score (nSPS) is 22.4. The van der Waals surface area contributed by atoms with Gasteiger partial charge in [0.05, 0.1) is 32.8 Å². The third-order valence-corrected chi connectivity index (χ3v) is 3.83. The molecule has 1 aromatic rings. The monoisotopic (exact) mass is 338 g/mol. The highest BCUT2D eigenvalue weighted by Crippen LogP contribution is 2.34. The molecule has 0 N–H and O–H groups in total. The Morgan fingerprint density at radius 3 is 2.62 bits per heavy atom. The fourth-order valence-electron chi connectivity index (χ4n) is 2.63. The van der Waals surface area contributed by atoms with Gasteiger partial charge in [0.15, 0.2) is 6.29 Å². The van der Waals surface area contributed by atoms with Crippen molar-refractivity contribution >= 4 is 18.0 Å². The summed E-state index contributed by atoms with van der Waals surface area (Å²) >= 11 is 0. The van der Waals surface area contributed by atoms with Crippen LogP contribution in [0.1, 0.15) is 23.5 Å². The summed E-state index contributed by atoms with van der Waals surface area (Å²) in [5.41, 5.74) is 0.855. The van der Waals surface area contributed by atoms with Crippen LogP contribution in [0.2, 0.25) is 0 Å². The zero-order chi connectivity index (χ0) is 17.7. The second kappa shape index (κ2) is 8.03. The molecule has 7 heteroatoms. The highest BCUT2D eigenvalue weighted by Gasteiger charge is 2.32. The van der Waals surface area contributed by atoms with Gasteiger partial charge in [-0.15, -0.1) is 0 Å². The van der Waals surface area contributed by atoms with Crippen LogP contribution in [0, 0.1) is 5.82 Å². The Bertz CT molecular complexity index is 654. The second-order valence-electron chi connectivity index (χ2n) is 5.21. The van der Waals surface area contributed by atoms with Crippen LogP contribution < -0.4 is 0 Å². The van der Waals surface area contributed by atoms with Crippen LogP contribution in [0.4, 0.5) is 4.39 Å². The lowest BCUT2D eigenvalue weighted by atomic mass is 9.88. The van der Waals surface area contributed by atoms with E-state index in [4.69, 9.17) is 18.9 Å². The van der Waals surface area contributed by atoms with Crippen molar-refractivity contribution in [2.24, 2.45) is 0 Å². The van der Waals surface area contributed by atoms with Gasteiger partial charge in [0, 0.05) is 18.6 Å². The van der Waals surface area contributed by atoms with Crippen LogP contribution in [-0.4, -0.2) is 46.2 Å². The minimum Gasteiger partial charge on any atom is -0.469 e. The van der Waals surface area contributed by atoms with E-state index in [9.17, 15) is 14.0 Å². The van der Waals surface area contributed by atoms with E-state index >= 15 is 0 Å². The average molecular weight is 338 g/mol. The maximum atomic E-state index is 14.4. The van der Waals surface area contributed by atoms with Crippen LogP contribution >= 0.6 is 0 Å². The molecule has 130 valence electrons. The molecule has 0 amide bonds. The minimum atomic E-state index is -0.849. The molecule has 2 rings (SSSR count). The molecule has 0 bridgehead atoms. The summed E-state index contributed by atoms with van der Waals surface area (Å²) < 4.78 is 34.7. The van der Waals surface area contributed by atoms with Crippen molar-refractivity contribution in [3.05, 3.63) is 40.7 Å². The maximum Gasteiger partial charge on any atom is 0.336 e. The van der Waals surface area contributed by atoms with Crippen LogP contribution in [0.15, 0.2) is 23.8 Å². The number of rotatable bonds is 4. The molecule has 0 aliphatic carbocycles. The third-order valence-electron chi connectivity index (χ3n) is 3.83. The Morgan fingerprint density at radius 2 is 2.00 bits per heavy atom. The number of carbonyl (C=O) groups is 2. The fraction of sp³-hybridized carbons (Fsp3) is 0.412. The predicted molar refractivity (Wildman–Crippen MR) is 82.5 cm³/mol. The lowest BCUT2D eigenvalue weighted by molar-refractivity contribution is -0.155. The Morgan fingerprint density at radius 1 is 1.25 bits per heavy atom. The number of ether oxygens (including phenoxy) is 4. The second-order valence-corrected chi connectivity index (χ2v) is 5.21. The lowest BCUT2D eigenvalue weighted by Crippen LogP contribution is -2.30. The average Bonchev–Trinajstić information content (AvgIpc) is 2.58. The first-order valence-corrected chi connectivity index (χ1v) is 7.30. The highest BCUT2D eigenvalue weighted by atomic mass is 19.1. The largest absolute Gasteiger partial charge is 0.469 e. The van der Waals surface area contributed by atoms with Crippen LogP contribution in [0.25, 0.3) is 6.08 Å². The van der Waals surface area contributed by atoms with Crippen molar-refractivity contribution in [3.8, 4) is 0 Å². The molecule has 0 fully saturated rings. The smallest absolute Gasteiger partial charge is 0.336 e. The molecule has 24 heavy (non-hydrogen) atoms. The summed E-state index contributed by atoms with van der Waals surface area (Å²) in [5, 5.41) is 0. The first-order valence-electron chi connectivity index (χ1n) is 7.30. The van der Waals surface area contributed by atoms with Crippen molar-refractivity contribution in [1.29, 1.82) is 0 Å². The zero-order valence-electron chi connectivity index (χ0n) is 13.7. The van der Waals surface area contributed by atoms with Gasteiger partial charge in [-0.05, 0) is 17.7 Å². The van der Waals surface area contributed by atoms with E-state index in [1.807, 2.05) is 0 Å². The number of fused-ring (bicyclic) bond motifs is 1. The summed E-state index contributed by atoms with van der Waals surface area (Å²) in [4.78, 5) is 23.6. The van der Waals surface area contributed by atoms with Gasteiger partial charge in [-0.2, -0.15) is 0 Å². The highest BCUT2D eigenvalue weighted by molar-refractivity contribution is 5.94.